The Morgan fingerprint density at radius 2 is 1.58 bits per heavy atom. The van der Waals surface area contributed by atoms with Crippen LogP contribution >= 0.6 is 0 Å². The van der Waals surface area contributed by atoms with Crippen molar-refractivity contribution in [3.8, 4) is 11.1 Å². The van der Waals surface area contributed by atoms with E-state index in [1.165, 1.54) is 12.1 Å². The molecule has 3 saturated heterocycles. The Kier molecular flexibility index (Phi) is 3.91. The molecule has 0 amide bonds. The molecule has 24 heavy (non-hydrogen) atoms. The molecule has 2 aromatic rings. The lowest BCUT2D eigenvalue weighted by molar-refractivity contribution is -0.480. The molecule has 0 saturated carbocycles. The van der Waals surface area contributed by atoms with Gasteiger partial charge in [-0.25, -0.2) is 4.39 Å². The molecule has 4 heteroatoms. The predicted octanol–water partition coefficient (Wildman–Crippen LogP) is 4.47. The fourth-order valence-electron chi connectivity index (χ4n) is 3.53. The van der Waals surface area contributed by atoms with Crippen molar-refractivity contribution >= 4 is 0 Å². The summed E-state index contributed by atoms with van der Waals surface area (Å²) in [6.07, 6.45) is 2.13. The first kappa shape index (κ1) is 15.8. The van der Waals surface area contributed by atoms with Crippen LogP contribution in [0.4, 0.5) is 4.39 Å². The molecular formula is C20H21FO3. The molecule has 126 valence electrons. The number of fused-ring (bicyclic) bond motifs is 3. The first-order valence-electron chi connectivity index (χ1n) is 8.43. The maximum Gasteiger partial charge on any atom is 0.312 e. The molecule has 3 heterocycles. The Morgan fingerprint density at radius 3 is 2.17 bits per heavy atom. The van der Waals surface area contributed by atoms with Crippen molar-refractivity contribution in [2.24, 2.45) is 5.41 Å². The third-order valence-electron chi connectivity index (χ3n) is 4.88. The maximum absolute atomic E-state index is 13.4. The van der Waals surface area contributed by atoms with Crippen LogP contribution in [0.3, 0.4) is 0 Å². The van der Waals surface area contributed by atoms with Crippen LogP contribution in [0.1, 0.15) is 25.3 Å². The van der Waals surface area contributed by atoms with Gasteiger partial charge in [-0.1, -0.05) is 49.7 Å². The number of hydrogen-bond acceptors (Lipinski definition) is 3. The largest absolute Gasteiger partial charge is 0.323 e. The van der Waals surface area contributed by atoms with Gasteiger partial charge in [0.15, 0.2) is 0 Å². The van der Waals surface area contributed by atoms with Crippen LogP contribution in [0.15, 0.2) is 48.5 Å². The molecule has 2 bridgehead atoms. The molecule has 3 aliphatic rings. The number of rotatable bonds is 4. The van der Waals surface area contributed by atoms with Gasteiger partial charge < -0.3 is 14.2 Å². The molecule has 2 aromatic carbocycles. The van der Waals surface area contributed by atoms with Crippen LogP contribution in [-0.2, 0) is 20.2 Å². The summed E-state index contributed by atoms with van der Waals surface area (Å²) in [5.74, 6) is -1.33. The van der Waals surface area contributed by atoms with E-state index in [1.807, 2.05) is 30.3 Å². The standard InChI is InChI=1S/C20H21FO3/c1-2-10-19-12-22-20(23-13-19,24-14-19)17-8-6-15(7-9-17)16-4-3-5-18(21)11-16/h3-9,11H,2,10,12-14H2,1H3. The van der Waals surface area contributed by atoms with Gasteiger partial charge in [-0.05, 0) is 29.7 Å². The highest BCUT2D eigenvalue weighted by molar-refractivity contribution is 5.63. The maximum atomic E-state index is 13.4. The first-order chi connectivity index (χ1) is 11.6. The van der Waals surface area contributed by atoms with E-state index in [2.05, 4.69) is 6.92 Å². The zero-order valence-electron chi connectivity index (χ0n) is 13.8. The molecule has 3 fully saturated rings. The Hall–Kier alpha value is -1.75. The van der Waals surface area contributed by atoms with Crippen molar-refractivity contribution in [1.29, 1.82) is 0 Å². The lowest BCUT2D eigenvalue weighted by Crippen LogP contribution is -2.58. The van der Waals surface area contributed by atoms with Gasteiger partial charge in [0, 0.05) is 11.0 Å². The lowest BCUT2D eigenvalue weighted by Gasteiger charge is -2.51. The molecule has 0 N–H and O–H groups in total. The molecule has 0 unspecified atom stereocenters. The minimum absolute atomic E-state index is 0.00198. The van der Waals surface area contributed by atoms with E-state index in [9.17, 15) is 4.39 Å². The average molecular weight is 328 g/mol. The van der Waals surface area contributed by atoms with E-state index < -0.39 is 5.97 Å². The van der Waals surface area contributed by atoms with Gasteiger partial charge in [0.1, 0.15) is 5.82 Å². The Labute approximate surface area is 141 Å². The molecule has 0 aromatic heterocycles. The number of halogens is 1. The molecule has 0 atom stereocenters. The van der Waals surface area contributed by atoms with Crippen molar-refractivity contribution in [3.63, 3.8) is 0 Å². The number of ether oxygens (including phenoxy) is 3. The summed E-state index contributed by atoms with van der Waals surface area (Å²) in [6, 6.07) is 14.3. The molecule has 0 spiro atoms. The number of benzene rings is 2. The van der Waals surface area contributed by atoms with Crippen molar-refractivity contribution in [1.82, 2.24) is 0 Å². The fourth-order valence-corrected chi connectivity index (χ4v) is 3.53. The monoisotopic (exact) mass is 328 g/mol. The van der Waals surface area contributed by atoms with Gasteiger partial charge in [-0.15, -0.1) is 0 Å². The normalized spacial score (nSPS) is 28.9. The summed E-state index contributed by atoms with van der Waals surface area (Å²) in [5, 5.41) is 0. The lowest BCUT2D eigenvalue weighted by atomic mass is 9.83. The Bertz CT molecular complexity index is 701. The average Bonchev–Trinajstić information content (AvgIpc) is 2.63. The van der Waals surface area contributed by atoms with Gasteiger partial charge in [0.05, 0.1) is 19.8 Å². The van der Waals surface area contributed by atoms with E-state index in [0.717, 1.165) is 29.5 Å². The quantitative estimate of drug-likeness (QED) is 0.829. The summed E-state index contributed by atoms with van der Waals surface area (Å²) in [4.78, 5) is 0. The summed E-state index contributed by atoms with van der Waals surface area (Å²) in [7, 11) is 0. The van der Waals surface area contributed by atoms with Crippen LogP contribution in [0.5, 0.6) is 0 Å². The topological polar surface area (TPSA) is 27.7 Å². The van der Waals surface area contributed by atoms with Crippen molar-refractivity contribution in [2.45, 2.75) is 25.7 Å². The van der Waals surface area contributed by atoms with E-state index in [1.54, 1.807) is 6.07 Å². The Morgan fingerprint density at radius 1 is 0.917 bits per heavy atom. The zero-order chi connectivity index (χ0) is 16.6. The van der Waals surface area contributed by atoms with Gasteiger partial charge in [0.2, 0.25) is 0 Å². The fraction of sp³-hybridized carbons (Fsp3) is 0.400. The van der Waals surface area contributed by atoms with E-state index in [4.69, 9.17) is 14.2 Å². The summed E-state index contributed by atoms with van der Waals surface area (Å²) < 4.78 is 31.3. The van der Waals surface area contributed by atoms with Gasteiger partial charge in [-0.2, -0.15) is 0 Å². The molecule has 5 rings (SSSR count). The third-order valence-corrected chi connectivity index (χ3v) is 4.88. The van der Waals surface area contributed by atoms with E-state index in [0.29, 0.717) is 19.8 Å². The van der Waals surface area contributed by atoms with Crippen molar-refractivity contribution < 1.29 is 18.6 Å². The van der Waals surface area contributed by atoms with Crippen LogP contribution in [0, 0.1) is 11.2 Å². The van der Waals surface area contributed by atoms with Crippen LogP contribution in [0.2, 0.25) is 0 Å². The zero-order valence-corrected chi connectivity index (χ0v) is 13.8. The smallest absolute Gasteiger partial charge is 0.312 e. The minimum Gasteiger partial charge on any atom is -0.323 e. The summed E-state index contributed by atoms with van der Waals surface area (Å²) in [6.45, 7) is 4.14. The van der Waals surface area contributed by atoms with Crippen LogP contribution < -0.4 is 0 Å². The van der Waals surface area contributed by atoms with E-state index in [-0.39, 0.29) is 11.2 Å². The predicted molar refractivity (Wildman–Crippen MR) is 88.7 cm³/mol. The van der Waals surface area contributed by atoms with Gasteiger partial charge >= 0.3 is 5.97 Å². The molecule has 0 radical (unpaired) electrons. The highest BCUT2D eigenvalue weighted by Crippen LogP contribution is 2.46. The second-order valence-corrected chi connectivity index (χ2v) is 6.76. The summed E-state index contributed by atoms with van der Waals surface area (Å²) in [5.41, 5.74) is 2.63. The highest BCUT2D eigenvalue weighted by atomic mass is 19.1. The van der Waals surface area contributed by atoms with Crippen molar-refractivity contribution in [3.05, 3.63) is 59.9 Å². The second-order valence-electron chi connectivity index (χ2n) is 6.76. The van der Waals surface area contributed by atoms with Crippen molar-refractivity contribution in [2.75, 3.05) is 19.8 Å². The Balaban J connectivity index is 1.56. The first-order valence-corrected chi connectivity index (χ1v) is 8.43. The SMILES string of the molecule is CCCC12COC(c3ccc(-c4cccc(F)c4)cc3)(OC1)OC2. The molecular weight excluding hydrogens is 307 g/mol. The third kappa shape index (κ3) is 2.65. The van der Waals surface area contributed by atoms with Crippen LogP contribution in [-0.4, -0.2) is 19.8 Å². The molecule has 3 aliphatic heterocycles. The highest BCUT2D eigenvalue weighted by Gasteiger charge is 2.53. The van der Waals surface area contributed by atoms with E-state index >= 15 is 0 Å². The van der Waals surface area contributed by atoms with Gasteiger partial charge in [-0.3, -0.25) is 0 Å². The minimum atomic E-state index is -1.09. The second kappa shape index (κ2) is 5.96. The molecule has 0 aliphatic carbocycles. The summed E-state index contributed by atoms with van der Waals surface area (Å²) >= 11 is 0. The van der Waals surface area contributed by atoms with Crippen LogP contribution in [0.25, 0.3) is 11.1 Å². The van der Waals surface area contributed by atoms with Gasteiger partial charge in [0.25, 0.3) is 0 Å². The molecule has 3 nitrogen and oxygen atoms in total. The number of hydrogen-bond donors (Lipinski definition) is 0.